The molecule has 12 nitrogen and oxygen atoms in total. The third-order valence-electron chi connectivity index (χ3n) is 11.0. The van der Waals surface area contributed by atoms with Crippen molar-refractivity contribution in [2.45, 2.75) is 243 Å². The molecular formula is C47H86O12S. The lowest BCUT2D eigenvalue weighted by Crippen LogP contribution is -2.60. The van der Waals surface area contributed by atoms with Gasteiger partial charge in [0.2, 0.25) is 0 Å². The average Bonchev–Trinajstić information content (AvgIpc) is 3.21. The zero-order valence-electron chi connectivity index (χ0n) is 37.6. The standard InChI is InChI=1S/C47H86O12S/c1-3-5-7-9-11-13-15-17-19-20-22-23-25-27-29-31-33-35-42(48)56-37-40(38-57-47-46(52)45(51)44(50)41(59-47)39-60(53,54)55)58-43(49)36-34-32-30-28-26-24-21-18-16-14-12-10-8-6-4-2/h12,14,18,21,40-41,44-47,50-52H,3-11,13,15-17,19-20,22-39H2,1-2H3,(H,53,54,55)/b14-12+,21-18+/t40-,41-,44-,45?,46?,47+/m1/s1. The number of ether oxygens (including phenoxy) is 4. The number of aliphatic hydroxyl groups excluding tert-OH is 3. The molecule has 1 saturated heterocycles. The molecule has 1 rings (SSSR count). The van der Waals surface area contributed by atoms with Crippen molar-refractivity contribution in [3.05, 3.63) is 24.3 Å². The second-order valence-electron chi connectivity index (χ2n) is 16.8. The lowest BCUT2D eigenvalue weighted by Gasteiger charge is -2.40. The van der Waals surface area contributed by atoms with E-state index in [0.717, 1.165) is 64.2 Å². The fraction of sp³-hybridized carbons (Fsp3) is 0.872. The summed E-state index contributed by atoms with van der Waals surface area (Å²) >= 11 is 0. The minimum Gasteiger partial charge on any atom is -0.462 e. The van der Waals surface area contributed by atoms with Crippen LogP contribution in [0, 0.1) is 0 Å². The van der Waals surface area contributed by atoms with Crippen molar-refractivity contribution >= 4 is 22.1 Å². The van der Waals surface area contributed by atoms with Gasteiger partial charge in [-0.3, -0.25) is 14.1 Å². The van der Waals surface area contributed by atoms with Crippen LogP contribution < -0.4 is 0 Å². The van der Waals surface area contributed by atoms with Crippen LogP contribution in [0.1, 0.15) is 206 Å². The summed E-state index contributed by atoms with van der Waals surface area (Å²) in [6.45, 7) is 3.74. The van der Waals surface area contributed by atoms with Crippen LogP contribution in [0.5, 0.6) is 0 Å². The Hall–Kier alpha value is -1.87. The second-order valence-corrected chi connectivity index (χ2v) is 18.3. The normalized spacial score (nSPS) is 20.3. The van der Waals surface area contributed by atoms with E-state index in [1.807, 2.05) is 0 Å². The van der Waals surface area contributed by atoms with E-state index in [-0.39, 0.29) is 19.4 Å². The quantitative estimate of drug-likeness (QED) is 0.0198. The molecule has 6 atom stereocenters. The number of hydrogen-bond donors (Lipinski definition) is 4. The molecule has 0 aromatic heterocycles. The molecule has 0 aromatic carbocycles. The first kappa shape index (κ1) is 56.1. The highest BCUT2D eigenvalue weighted by atomic mass is 32.2. The number of carbonyl (C=O) groups excluding carboxylic acids is 2. The van der Waals surface area contributed by atoms with Crippen LogP contribution in [-0.4, -0.2) is 96.0 Å². The van der Waals surface area contributed by atoms with E-state index < -0.39 is 71.2 Å². The molecule has 1 heterocycles. The van der Waals surface area contributed by atoms with E-state index in [4.69, 9.17) is 18.9 Å². The van der Waals surface area contributed by atoms with Gasteiger partial charge in [0.05, 0.1) is 6.61 Å². The third kappa shape index (κ3) is 31.9. The molecular weight excluding hydrogens is 789 g/mol. The topological polar surface area (TPSA) is 186 Å². The summed E-state index contributed by atoms with van der Waals surface area (Å²) < 4.78 is 54.1. The van der Waals surface area contributed by atoms with Crippen LogP contribution in [0.25, 0.3) is 0 Å². The van der Waals surface area contributed by atoms with Gasteiger partial charge in [0.25, 0.3) is 10.1 Å². The number of rotatable bonds is 40. The van der Waals surface area contributed by atoms with E-state index in [1.54, 1.807) is 0 Å². The van der Waals surface area contributed by atoms with E-state index in [0.29, 0.717) is 12.8 Å². The first-order chi connectivity index (χ1) is 29.0. The highest BCUT2D eigenvalue weighted by Crippen LogP contribution is 2.24. The summed E-state index contributed by atoms with van der Waals surface area (Å²) in [5.41, 5.74) is 0. The van der Waals surface area contributed by atoms with Gasteiger partial charge in [0.1, 0.15) is 36.8 Å². The van der Waals surface area contributed by atoms with Crippen molar-refractivity contribution in [1.82, 2.24) is 0 Å². The SMILES string of the molecule is CCCCC/C=C/C/C=C/CCCCCCCC(=O)O[C@H](COC(=O)CCCCCCCCCCCCCCCCCCC)CO[C@H]1O[C@H](CS(=O)(=O)O)[C@@H](O)C(O)C1O. The Balaban J connectivity index is 2.42. The van der Waals surface area contributed by atoms with Gasteiger partial charge in [0, 0.05) is 12.8 Å². The van der Waals surface area contributed by atoms with Crippen LogP contribution in [-0.2, 0) is 38.7 Å². The second kappa shape index (κ2) is 37.7. The minimum absolute atomic E-state index is 0.151. The lowest BCUT2D eigenvalue weighted by atomic mass is 10.00. The zero-order chi connectivity index (χ0) is 44.1. The fourth-order valence-electron chi connectivity index (χ4n) is 7.30. The number of aliphatic hydroxyl groups is 3. The zero-order valence-corrected chi connectivity index (χ0v) is 38.4. The van der Waals surface area contributed by atoms with Gasteiger partial charge in [-0.25, -0.2) is 0 Å². The van der Waals surface area contributed by atoms with Crippen molar-refractivity contribution in [1.29, 1.82) is 0 Å². The Kier molecular flexibility index (Phi) is 35.2. The Bertz CT molecular complexity index is 1210. The average molecular weight is 875 g/mol. The van der Waals surface area contributed by atoms with Gasteiger partial charge < -0.3 is 34.3 Å². The number of allylic oxidation sites excluding steroid dienone is 4. The molecule has 0 bridgehead atoms. The Morgan fingerprint density at radius 2 is 1.00 bits per heavy atom. The summed E-state index contributed by atoms with van der Waals surface area (Å²) in [5.74, 6) is -1.99. The maximum atomic E-state index is 12.8. The summed E-state index contributed by atoms with van der Waals surface area (Å²) in [6.07, 6.45) is 32.2. The van der Waals surface area contributed by atoms with Crippen molar-refractivity contribution in [2.24, 2.45) is 0 Å². The molecule has 60 heavy (non-hydrogen) atoms. The third-order valence-corrected chi connectivity index (χ3v) is 11.8. The molecule has 0 spiro atoms. The summed E-state index contributed by atoms with van der Waals surface area (Å²) in [4.78, 5) is 25.4. The lowest BCUT2D eigenvalue weighted by molar-refractivity contribution is -0.297. The first-order valence-electron chi connectivity index (χ1n) is 23.9. The van der Waals surface area contributed by atoms with Crippen LogP contribution in [0.2, 0.25) is 0 Å². The predicted octanol–water partition coefficient (Wildman–Crippen LogP) is 10.0. The van der Waals surface area contributed by atoms with Crippen LogP contribution in [0.4, 0.5) is 0 Å². The number of hydrogen-bond acceptors (Lipinski definition) is 11. The number of esters is 2. The van der Waals surface area contributed by atoms with Crippen molar-refractivity contribution < 1.29 is 56.8 Å². The van der Waals surface area contributed by atoms with E-state index in [1.165, 1.54) is 103 Å². The molecule has 0 radical (unpaired) electrons. The maximum Gasteiger partial charge on any atom is 0.306 e. The van der Waals surface area contributed by atoms with Gasteiger partial charge >= 0.3 is 11.9 Å². The molecule has 0 saturated carbocycles. The smallest absolute Gasteiger partial charge is 0.306 e. The van der Waals surface area contributed by atoms with Gasteiger partial charge in [0.15, 0.2) is 12.4 Å². The molecule has 1 fully saturated rings. The Labute approximate surface area is 364 Å². The molecule has 0 aromatic rings. The summed E-state index contributed by atoms with van der Waals surface area (Å²) in [7, 11) is -4.60. The summed E-state index contributed by atoms with van der Waals surface area (Å²) in [5, 5.41) is 30.9. The van der Waals surface area contributed by atoms with Crippen molar-refractivity contribution in [3.8, 4) is 0 Å². The van der Waals surface area contributed by atoms with Crippen LogP contribution >= 0.6 is 0 Å². The molecule has 4 N–H and O–H groups in total. The van der Waals surface area contributed by atoms with Crippen molar-refractivity contribution in [2.75, 3.05) is 19.0 Å². The highest BCUT2D eigenvalue weighted by molar-refractivity contribution is 7.85. The Morgan fingerprint density at radius 1 is 0.567 bits per heavy atom. The minimum atomic E-state index is -4.60. The fourth-order valence-corrected chi connectivity index (χ4v) is 7.99. The molecule has 1 aliphatic heterocycles. The van der Waals surface area contributed by atoms with E-state index in [9.17, 15) is 37.9 Å². The van der Waals surface area contributed by atoms with Gasteiger partial charge in [-0.2, -0.15) is 8.42 Å². The monoisotopic (exact) mass is 875 g/mol. The van der Waals surface area contributed by atoms with E-state index in [2.05, 4.69) is 38.2 Å². The molecule has 0 aliphatic carbocycles. The van der Waals surface area contributed by atoms with Gasteiger partial charge in [-0.1, -0.05) is 173 Å². The Morgan fingerprint density at radius 3 is 1.50 bits per heavy atom. The van der Waals surface area contributed by atoms with Gasteiger partial charge in [-0.15, -0.1) is 0 Å². The van der Waals surface area contributed by atoms with Crippen LogP contribution in [0.15, 0.2) is 24.3 Å². The molecule has 352 valence electrons. The van der Waals surface area contributed by atoms with E-state index >= 15 is 0 Å². The van der Waals surface area contributed by atoms with Crippen LogP contribution in [0.3, 0.4) is 0 Å². The van der Waals surface area contributed by atoms with Crippen molar-refractivity contribution in [3.63, 3.8) is 0 Å². The molecule has 2 unspecified atom stereocenters. The largest absolute Gasteiger partial charge is 0.462 e. The molecule has 0 amide bonds. The number of unbranched alkanes of at least 4 members (excludes halogenated alkanes) is 24. The molecule has 1 aliphatic rings. The first-order valence-corrected chi connectivity index (χ1v) is 25.5. The van der Waals surface area contributed by atoms with Gasteiger partial charge in [-0.05, 0) is 44.9 Å². The maximum absolute atomic E-state index is 12.8. The summed E-state index contributed by atoms with van der Waals surface area (Å²) in [6, 6.07) is 0. The highest BCUT2D eigenvalue weighted by Gasteiger charge is 2.46. The molecule has 13 heteroatoms. The predicted molar refractivity (Wildman–Crippen MR) is 238 cm³/mol. The number of carbonyl (C=O) groups is 2.